The van der Waals surface area contributed by atoms with Gasteiger partial charge in [0.05, 0.1) is 5.75 Å². The second kappa shape index (κ2) is 9.62. The monoisotopic (exact) mass is 428 g/mol. The van der Waals surface area contributed by atoms with Crippen LogP contribution in [0.3, 0.4) is 0 Å². The maximum atomic E-state index is 12.6. The number of benzene rings is 3. The molecule has 4 aromatic rings. The van der Waals surface area contributed by atoms with Gasteiger partial charge in [0.15, 0.2) is 11.0 Å². The van der Waals surface area contributed by atoms with E-state index in [1.165, 1.54) is 17.3 Å². The van der Waals surface area contributed by atoms with Crippen LogP contribution in [0, 0.1) is 6.92 Å². The molecule has 1 heterocycles. The van der Waals surface area contributed by atoms with Crippen LogP contribution in [0.2, 0.25) is 0 Å². The van der Waals surface area contributed by atoms with Gasteiger partial charge in [0.2, 0.25) is 5.91 Å². The van der Waals surface area contributed by atoms with Gasteiger partial charge in [0.25, 0.3) is 0 Å². The average molecular weight is 429 g/mol. The Hall–Kier alpha value is -3.38. The zero-order valence-corrected chi connectivity index (χ0v) is 18.4. The van der Waals surface area contributed by atoms with Crippen molar-refractivity contribution in [3.05, 3.63) is 90.0 Å². The number of rotatable bonds is 7. The lowest BCUT2D eigenvalue weighted by molar-refractivity contribution is -0.113. The number of carbonyl (C=O) groups is 1. The number of aryl methyl sites for hydroxylation is 2. The van der Waals surface area contributed by atoms with Gasteiger partial charge in [-0.25, -0.2) is 0 Å². The van der Waals surface area contributed by atoms with E-state index in [9.17, 15) is 4.79 Å². The molecule has 1 N–H and O–H groups in total. The molecule has 31 heavy (non-hydrogen) atoms. The lowest BCUT2D eigenvalue weighted by atomic mass is 10.1. The highest BCUT2D eigenvalue weighted by atomic mass is 32.2. The zero-order chi connectivity index (χ0) is 21.6. The molecule has 156 valence electrons. The third-order valence-electron chi connectivity index (χ3n) is 4.96. The van der Waals surface area contributed by atoms with Crippen molar-refractivity contribution >= 4 is 23.4 Å². The number of anilines is 1. The van der Waals surface area contributed by atoms with Crippen LogP contribution in [-0.2, 0) is 11.2 Å². The largest absolute Gasteiger partial charge is 0.325 e. The number of thioether (sulfide) groups is 1. The number of carbonyl (C=O) groups excluding carboxylic acids is 1. The Morgan fingerprint density at radius 3 is 2.39 bits per heavy atom. The van der Waals surface area contributed by atoms with Crippen LogP contribution in [-0.4, -0.2) is 26.4 Å². The van der Waals surface area contributed by atoms with E-state index in [-0.39, 0.29) is 11.7 Å². The van der Waals surface area contributed by atoms with Crippen molar-refractivity contribution in [2.45, 2.75) is 25.4 Å². The van der Waals surface area contributed by atoms with Crippen molar-refractivity contribution in [3.8, 4) is 17.1 Å². The number of nitrogens with one attached hydrogen (secondary N) is 1. The fourth-order valence-corrected chi connectivity index (χ4v) is 4.08. The topological polar surface area (TPSA) is 59.8 Å². The summed E-state index contributed by atoms with van der Waals surface area (Å²) in [5.74, 6) is 0.938. The van der Waals surface area contributed by atoms with Gasteiger partial charge in [-0.15, -0.1) is 10.2 Å². The quantitative estimate of drug-likeness (QED) is 0.393. The van der Waals surface area contributed by atoms with Crippen LogP contribution in [0.25, 0.3) is 17.1 Å². The number of hydrogen-bond acceptors (Lipinski definition) is 4. The molecule has 0 fully saturated rings. The summed E-state index contributed by atoms with van der Waals surface area (Å²) in [6, 6.07) is 26.1. The Labute approximate surface area is 186 Å². The second-order valence-electron chi connectivity index (χ2n) is 7.19. The molecule has 0 radical (unpaired) electrons. The third-order valence-corrected chi connectivity index (χ3v) is 5.89. The van der Waals surface area contributed by atoms with Crippen LogP contribution in [0.15, 0.2) is 84.0 Å². The zero-order valence-electron chi connectivity index (χ0n) is 17.6. The Balaban J connectivity index is 1.58. The molecule has 4 rings (SSSR count). The summed E-state index contributed by atoms with van der Waals surface area (Å²) >= 11 is 1.38. The Kier molecular flexibility index (Phi) is 6.48. The molecule has 1 aromatic heterocycles. The Morgan fingerprint density at radius 2 is 1.65 bits per heavy atom. The molecule has 0 aliphatic heterocycles. The third kappa shape index (κ3) is 4.86. The molecule has 0 atom stereocenters. The van der Waals surface area contributed by atoms with Crippen LogP contribution >= 0.6 is 11.8 Å². The summed E-state index contributed by atoms with van der Waals surface area (Å²) in [6.07, 6.45) is 0.867. The summed E-state index contributed by atoms with van der Waals surface area (Å²) in [6.45, 7) is 4.14. The van der Waals surface area contributed by atoms with Crippen molar-refractivity contribution < 1.29 is 4.79 Å². The number of para-hydroxylation sites is 2. The molecule has 0 saturated heterocycles. The Bertz CT molecular complexity index is 1170. The molecule has 1 amide bonds. The van der Waals surface area contributed by atoms with Crippen LogP contribution in [0.4, 0.5) is 5.69 Å². The van der Waals surface area contributed by atoms with E-state index in [4.69, 9.17) is 0 Å². The minimum absolute atomic E-state index is 0.0644. The van der Waals surface area contributed by atoms with Gasteiger partial charge in [-0.2, -0.15) is 0 Å². The fraction of sp³-hybridized carbons (Fsp3) is 0.160. The molecular weight excluding hydrogens is 404 g/mol. The molecule has 5 nitrogen and oxygen atoms in total. The van der Waals surface area contributed by atoms with Crippen molar-refractivity contribution in [1.82, 2.24) is 14.8 Å². The van der Waals surface area contributed by atoms with Gasteiger partial charge in [-0.1, -0.05) is 84.9 Å². The van der Waals surface area contributed by atoms with Crippen molar-refractivity contribution in [2.75, 3.05) is 11.1 Å². The average Bonchev–Trinajstić information content (AvgIpc) is 3.23. The van der Waals surface area contributed by atoms with E-state index >= 15 is 0 Å². The summed E-state index contributed by atoms with van der Waals surface area (Å²) in [5.41, 5.74) is 5.11. The van der Waals surface area contributed by atoms with Crippen LogP contribution < -0.4 is 5.32 Å². The molecule has 0 bridgehead atoms. The summed E-state index contributed by atoms with van der Waals surface area (Å²) in [5, 5.41) is 12.5. The van der Waals surface area contributed by atoms with E-state index in [0.717, 1.165) is 34.7 Å². The van der Waals surface area contributed by atoms with Crippen molar-refractivity contribution in [1.29, 1.82) is 0 Å². The molecular formula is C25H24N4OS. The minimum atomic E-state index is -0.0644. The van der Waals surface area contributed by atoms with E-state index in [1.54, 1.807) is 0 Å². The maximum absolute atomic E-state index is 12.6. The number of aromatic nitrogens is 3. The smallest absolute Gasteiger partial charge is 0.234 e. The van der Waals surface area contributed by atoms with Crippen molar-refractivity contribution in [3.63, 3.8) is 0 Å². The second-order valence-corrected chi connectivity index (χ2v) is 8.13. The van der Waals surface area contributed by atoms with E-state index in [0.29, 0.717) is 5.16 Å². The van der Waals surface area contributed by atoms with Gasteiger partial charge >= 0.3 is 0 Å². The molecule has 3 aromatic carbocycles. The highest BCUT2D eigenvalue weighted by Crippen LogP contribution is 2.28. The number of nitrogens with zero attached hydrogens (tertiary/aromatic N) is 3. The molecule has 0 unspecified atom stereocenters. The van der Waals surface area contributed by atoms with Gasteiger partial charge < -0.3 is 5.32 Å². The highest BCUT2D eigenvalue weighted by Gasteiger charge is 2.17. The number of hydrogen-bond donors (Lipinski definition) is 1. The fourth-order valence-electron chi connectivity index (χ4n) is 3.33. The van der Waals surface area contributed by atoms with E-state index < -0.39 is 0 Å². The summed E-state index contributed by atoms with van der Waals surface area (Å²) < 4.78 is 2.00. The number of amides is 1. The molecule has 0 aliphatic carbocycles. The molecule has 0 spiro atoms. The first-order chi connectivity index (χ1) is 15.2. The summed E-state index contributed by atoms with van der Waals surface area (Å²) in [7, 11) is 0. The van der Waals surface area contributed by atoms with Crippen LogP contribution in [0.5, 0.6) is 0 Å². The SMILES string of the molecule is CCc1ccccc1NC(=O)CSc1nnc(-c2ccc(C)cc2)n1-c1ccccc1. The molecule has 0 aliphatic rings. The lowest BCUT2D eigenvalue weighted by Crippen LogP contribution is -2.15. The minimum Gasteiger partial charge on any atom is -0.325 e. The lowest BCUT2D eigenvalue weighted by Gasteiger charge is -2.11. The van der Waals surface area contributed by atoms with Gasteiger partial charge in [0, 0.05) is 16.9 Å². The van der Waals surface area contributed by atoms with Crippen LogP contribution in [0.1, 0.15) is 18.1 Å². The normalized spacial score (nSPS) is 10.8. The summed E-state index contributed by atoms with van der Waals surface area (Å²) in [4.78, 5) is 12.6. The predicted molar refractivity (Wildman–Crippen MR) is 127 cm³/mol. The Morgan fingerprint density at radius 1 is 0.935 bits per heavy atom. The standard InChI is InChI=1S/C25H24N4OS/c1-3-19-9-7-8-12-22(19)26-23(30)17-31-25-28-27-24(20-15-13-18(2)14-16-20)29(25)21-10-5-4-6-11-21/h4-16H,3,17H2,1-2H3,(H,26,30). The highest BCUT2D eigenvalue weighted by molar-refractivity contribution is 7.99. The van der Waals surface area contributed by atoms with Gasteiger partial charge in [-0.3, -0.25) is 9.36 Å². The molecule has 0 saturated carbocycles. The first-order valence-electron chi connectivity index (χ1n) is 10.2. The van der Waals surface area contributed by atoms with Crippen molar-refractivity contribution in [2.24, 2.45) is 0 Å². The van der Waals surface area contributed by atoms with Gasteiger partial charge in [-0.05, 0) is 37.1 Å². The maximum Gasteiger partial charge on any atom is 0.234 e. The van der Waals surface area contributed by atoms with E-state index in [2.05, 4.69) is 41.5 Å². The molecule has 6 heteroatoms. The first-order valence-corrected chi connectivity index (χ1v) is 11.2. The predicted octanol–water partition coefficient (Wildman–Crippen LogP) is 5.54. The van der Waals surface area contributed by atoms with Gasteiger partial charge in [0.1, 0.15) is 0 Å². The van der Waals surface area contributed by atoms with E-state index in [1.807, 2.05) is 71.3 Å². The first kappa shape index (κ1) is 20.9.